The number of rotatable bonds is 7. The summed E-state index contributed by atoms with van der Waals surface area (Å²) in [6, 6.07) is 7.72. The molecular weight excluding hydrogens is 256 g/mol. The molecule has 0 saturated carbocycles. The van der Waals surface area contributed by atoms with Crippen molar-refractivity contribution in [1.29, 1.82) is 0 Å². The Labute approximate surface area is 119 Å². The minimum absolute atomic E-state index is 0.0216. The number of nitrogens with one attached hydrogen (secondary N) is 2. The molecule has 1 atom stereocenters. The highest BCUT2D eigenvalue weighted by Crippen LogP contribution is 2.12. The molecule has 0 bridgehead atoms. The van der Waals surface area contributed by atoms with Gasteiger partial charge in [-0.3, -0.25) is 4.79 Å². The van der Waals surface area contributed by atoms with E-state index in [4.69, 9.17) is 9.47 Å². The first-order chi connectivity index (χ1) is 9.79. The van der Waals surface area contributed by atoms with Crippen LogP contribution < -0.4 is 15.4 Å². The Morgan fingerprint density at radius 2 is 2.15 bits per heavy atom. The minimum atomic E-state index is -0.0216. The summed E-state index contributed by atoms with van der Waals surface area (Å²) < 4.78 is 10.4. The van der Waals surface area contributed by atoms with E-state index < -0.39 is 0 Å². The molecule has 0 aliphatic carbocycles. The SMILES string of the molecule is COCCOc1ccc(CNC(=O)[C@@H]2CCCN2)cc1. The average Bonchev–Trinajstić information content (AvgIpc) is 3.01. The van der Waals surface area contributed by atoms with Crippen molar-refractivity contribution in [3.63, 3.8) is 0 Å². The van der Waals surface area contributed by atoms with Gasteiger partial charge in [0, 0.05) is 13.7 Å². The maximum atomic E-state index is 11.8. The third-order valence-electron chi connectivity index (χ3n) is 3.32. The highest BCUT2D eigenvalue weighted by Gasteiger charge is 2.21. The van der Waals surface area contributed by atoms with Gasteiger partial charge in [-0.1, -0.05) is 12.1 Å². The van der Waals surface area contributed by atoms with E-state index in [1.54, 1.807) is 7.11 Å². The third kappa shape index (κ3) is 4.51. The Balaban J connectivity index is 1.74. The van der Waals surface area contributed by atoms with Crippen LogP contribution in [0.5, 0.6) is 5.75 Å². The Hall–Kier alpha value is -1.59. The molecule has 5 heteroatoms. The van der Waals surface area contributed by atoms with Gasteiger partial charge in [0.25, 0.3) is 0 Å². The molecule has 20 heavy (non-hydrogen) atoms. The summed E-state index contributed by atoms with van der Waals surface area (Å²) >= 11 is 0. The average molecular weight is 278 g/mol. The highest BCUT2D eigenvalue weighted by molar-refractivity contribution is 5.81. The van der Waals surface area contributed by atoms with E-state index in [0.717, 1.165) is 30.7 Å². The molecule has 1 heterocycles. The lowest BCUT2D eigenvalue weighted by Gasteiger charge is -2.11. The predicted octanol–water partition coefficient (Wildman–Crippen LogP) is 1.08. The Kier molecular flexibility index (Phi) is 5.83. The van der Waals surface area contributed by atoms with Gasteiger partial charge in [0.05, 0.1) is 12.6 Å². The van der Waals surface area contributed by atoms with E-state index in [-0.39, 0.29) is 11.9 Å². The molecule has 0 radical (unpaired) electrons. The van der Waals surface area contributed by atoms with Crippen LogP contribution in [0.2, 0.25) is 0 Å². The first-order valence-electron chi connectivity index (χ1n) is 7.01. The van der Waals surface area contributed by atoms with Crippen LogP contribution >= 0.6 is 0 Å². The van der Waals surface area contributed by atoms with Crippen molar-refractivity contribution in [3.05, 3.63) is 29.8 Å². The van der Waals surface area contributed by atoms with E-state index in [1.165, 1.54) is 0 Å². The van der Waals surface area contributed by atoms with Gasteiger partial charge in [0.15, 0.2) is 0 Å². The molecule has 1 aliphatic rings. The molecule has 2 rings (SSSR count). The zero-order valence-corrected chi connectivity index (χ0v) is 11.9. The van der Waals surface area contributed by atoms with Crippen molar-refractivity contribution in [2.45, 2.75) is 25.4 Å². The number of methoxy groups -OCH3 is 1. The number of carbonyl (C=O) groups excluding carboxylic acids is 1. The fourth-order valence-corrected chi connectivity index (χ4v) is 2.17. The van der Waals surface area contributed by atoms with Gasteiger partial charge in [-0.25, -0.2) is 0 Å². The summed E-state index contributed by atoms with van der Waals surface area (Å²) in [6.45, 7) is 2.60. The molecule has 1 fully saturated rings. The Morgan fingerprint density at radius 3 is 2.80 bits per heavy atom. The van der Waals surface area contributed by atoms with Gasteiger partial charge >= 0.3 is 0 Å². The first-order valence-corrected chi connectivity index (χ1v) is 7.01. The summed E-state index contributed by atoms with van der Waals surface area (Å²) in [5.41, 5.74) is 1.07. The van der Waals surface area contributed by atoms with Gasteiger partial charge in [-0.05, 0) is 37.1 Å². The summed E-state index contributed by atoms with van der Waals surface area (Å²) in [4.78, 5) is 11.8. The number of benzene rings is 1. The second-order valence-corrected chi connectivity index (χ2v) is 4.85. The van der Waals surface area contributed by atoms with E-state index >= 15 is 0 Å². The smallest absolute Gasteiger partial charge is 0.237 e. The molecule has 1 saturated heterocycles. The molecule has 110 valence electrons. The molecule has 1 amide bonds. The summed E-state index contributed by atoms with van der Waals surface area (Å²) in [5.74, 6) is 0.900. The zero-order chi connectivity index (χ0) is 14.2. The van der Waals surface area contributed by atoms with Crippen LogP contribution in [0.3, 0.4) is 0 Å². The van der Waals surface area contributed by atoms with Crippen molar-refractivity contribution in [1.82, 2.24) is 10.6 Å². The second-order valence-electron chi connectivity index (χ2n) is 4.85. The number of hydrogen-bond donors (Lipinski definition) is 2. The van der Waals surface area contributed by atoms with Gasteiger partial charge < -0.3 is 20.1 Å². The first kappa shape index (κ1) is 14.8. The lowest BCUT2D eigenvalue weighted by Crippen LogP contribution is -2.39. The van der Waals surface area contributed by atoms with Crippen LogP contribution in [-0.2, 0) is 16.1 Å². The number of carbonyl (C=O) groups is 1. The maximum Gasteiger partial charge on any atom is 0.237 e. The quantitative estimate of drug-likeness (QED) is 0.733. The van der Waals surface area contributed by atoms with Gasteiger partial charge in [-0.2, -0.15) is 0 Å². The van der Waals surface area contributed by atoms with Crippen LogP contribution in [0, 0.1) is 0 Å². The molecule has 0 unspecified atom stereocenters. The molecule has 2 N–H and O–H groups in total. The highest BCUT2D eigenvalue weighted by atomic mass is 16.5. The Morgan fingerprint density at radius 1 is 1.35 bits per heavy atom. The lowest BCUT2D eigenvalue weighted by atomic mass is 10.2. The van der Waals surface area contributed by atoms with E-state index in [2.05, 4.69) is 10.6 Å². The zero-order valence-electron chi connectivity index (χ0n) is 11.9. The summed E-state index contributed by atoms with van der Waals surface area (Å²) in [7, 11) is 1.65. The predicted molar refractivity (Wildman–Crippen MR) is 76.7 cm³/mol. The van der Waals surface area contributed by atoms with Crippen molar-refractivity contribution >= 4 is 5.91 Å². The molecule has 5 nitrogen and oxygen atoms in total. The van der Waals surface area contributed by atoms with Crippen LogP contribution in [0.25, 0.3) is 0 Å². The van der Waals surface area contributed by atoms with Crippen LogP contribution in [0.1, 0.15) is 18.4 Å². The fraction of sp³-hybridized carbons (Fsp3) is 0.533. The molecule has 1 aliphatic heterocycles. The number of hydrogen-bond acceptors (Lipinski definition) is 4. The number of amides is 1. The second kappa shape index (κ2) is 7.87. The van der Waals surface area contributed by atoms with E-state index in [1.807, 2.05) is 24.3 Å². The molecule has 0 aromatic heterocycles. The normalized spacial score (nSPS) is 17.9. The molecule has 1 aromatic carbocycles. The van der Waals surface area contributed by atoms with E-state index in [0.29, 0.717) is 19.8 Å². The van der Waals surface area contributed by atoms with E-state index in [9.17, 15) is 4.79 Å². The maximum absolute atomic E-state index is 11.8. The van der Waals surface area contributed by atoms with Gasteiger partial charge in [0.1, 0.15) is 12.4 Å². The van der Waals surface area contributed by atoms with Gasteiger partial charge in [0.2, 0.25) is 5.91 Å². The van der Waals surface area contributed by atoms with Crippen molar-refractivity contribution in [3.8, 4) is 5.75 Å². The monoisotopic (exact) mass is 278 g/mol. The summed E-state index contributed by atoms with van der Waals surface area (Å²) in [6.07, 6.45) is 2.00. The van der Waals surface area contributed by atoms with Crippen LogP contribution in [0.4, 0.5) is 0 Å². The molecule has 0 spiro atoms. The minimum Gasteiger partial charge on any atom is -0.491 e. The van der Waals surface area contributed by atoms with Crippen LogP contribution in [-0.4, -0.2) is 38.8 Å². The van der Waals surface area contributed by atoms with Gasteiger partial charge in [-0.15, -0.1) is 0 Å². The summed E-state index contributed by atoms with van der Waals surface area (Å²) in [5, 5.41) is 6.14. The third-order valence-corrected chi connectivity index (χ3v) is 3.32. The fourth-order valence-electron chi connectivity index (χ4n) is 2.17. The van der Waals surface area contributed by atoms with Crippen molar-refractivity contribution in [2.75, 3.05) is 26.9 Å². The van der Waals surface area contributed by atoms with Crippen LogP contribution in [0.15, 0.2) is 24.3 Å². The molecule has 1 aromatic rings. The van der Waals surface area contributed by atoms with Crippen molar-refractivity contribution in [2.24, 2.45) is 0 Å². The van der Waals surface area contributed by atoms with Crippen molar-refractivity contribution < 1.29 is 14.3 Å². The standard InChI is InChI=1S/C15H22N2O3/c1-19-9-10-20-13-6-4-12(5-7-13)11-17-15(18)14-3-2-8-16-14/h4-7,14,16H,2-3,8-11H2,1H3,(H,17,18)/t14-/m0/s1. The lowest BCUT2D eigenvalue weighted by molar-refractivity contribution is -0.122. The molecular formula is C15H22N2O3. The largest absolute Gasteiger partial charge is 0.491 e. The topological polar surface area (TPSA) is 59.6 Å². The Bertz CT molecular complexity index is 414. The number of ether oxygens (including phenoxy) is 2.